The van der Waals surface area contributed by atoms with Crippen molar-refractivity contribution >= 4 is 23.3 Å². The van der Waals surface area contributed by atoms with Crippen molar-refractivity contribution in [2.24, 2.45) is 0 Å². The van der Waals surface area contributed by atoms with Gasteiger partial charge in [-0.3, -0.25) is 9.69 Å². The van der Waals surface area contributed by atoms with Gasteiger partial charge in [0.1, 0.15) is 11.0 Å². The van der Waals surface area contributed by atoms with Gasteiger partial charge in [-0.1, -0.05) is 41.9 Å². The molecule has 6 nitrogen and oxygen atoms in total. The Kier molecular flexibility index (Phi) is 6.20. The van der Waals surface area contributed by atoms with Crippen LogP contribution in [0.1, 0.15) is 25.7 Å². The van der Waals surface area contributed by atoms with E-state index in [1.807, 2.05) is 30.3 Å². The summed E-state index contributed by atoms with van der Waals surface area (Å²) in [6.45, 7) is 4.80. The molecule has 1 aromatic carbocycles. The van der Waals surface area contributed by atoms with E-state index >= 15 is 0 Å². The highest BCUT2D eigenvalue weighted by atomic mass is 35.5. The lowest BCUT2D eigenvalue weighted by molar-refractivity contribution is -0.117. The van der Waals surface area contributed by atoms with Crippen molar-refractivity contribution in [3.05, 3.63) is 41.6 Å². The van der Waals surface area contributed by atoms with Crippen molar-refractivity contribution in [2.45, 2.75) is 31.7 Å². The number of aromatic nitrogens is 2. The molecule has 2 aromatic rings. The molecule has 2 aliphatic heterocycles. The number of piperidine rings is 1. The predicted octanol–water partition coefficient (Wildman–Crippen LogP) is 3.30. The first kappa shape index (κ1) is 19.3. The molecule has 3 heterocycles. The van der Waals surface area contributed by atoms with Crippen molar-refractivity contribution in [3.63, 3.8) is 0 Å². The van der Waals surface area contributed by atoms with Crippen molar-refractivity contribution < 1.29 is 4.79 Å². The standard InChI is InChI=1S/C21H26ClN5O/c22-18-14-19(25-21(23-18)16-6-2-1-3-7-16)24-20(28)15-26-12-8-17(9-13-26)27-10-4-5-11-27/h1-3,6-7,14,17H,4-5,8-13,15H2,(H,23,24,25,28). The first-order valence-electron chi connectivity index (χ1n) is 10.0. The van der Waals surface area contributed by atoms with E-state index in [1.165, 1.54) is 25.9 Å². The lowest BCUT2D eigenvalue weighted by Gasteiger charge is -2.36. The fourth-order valence-electron chi connectivity index (χ4n) is 4.13. The van der Waals surface area contributed by atoms with Crippen LogP contribution < -0.4 is 5.32 Å². The molecule has 1 aromatic heterocycles. The topological polar surface area (TPSA) is 61.4 Å². The van der Waals surface area contributed by atoms with Gasteiger partial charge in [-0.25, -0.2) is 9.97 Å². The Balaban J connectivity index is 1.32. The maximum absolute atomic E-state index is 12.5. The van der Waals surface area contributed by atoms with Crippen LogP contribution in [-0.2, 0) is 4.79 Å². The molecular formula is C21H26ClN5O. The predicted molar refractivity (Wildman–Crippen MR) is 111 cm³/mol. The van der Waals surface area contributed by atoms with Crippen LogP contribution in [0.25, 0.3) is 11.4 Å². The van der Waals surface area contributed by atoms with Gasteiger partial charge < -0.3 is 10.2 Å². The number of nitrogens with one attached hydrogen (secondary N) is 1. The van der Waals surface area contributed by atoms with Gasteiger partial charge in [0, 0.05) is 30.8 Å². The molecule has 7 heteroatoms. The van der Waals surface area contributed by atoms with Crippen LogP contribution in [0, 0.1) is 0 Å². The van der Waals surface area contributed by atoms with E-state index in [0.29, 0.717) is 29.4 Å². The third-order valence-electron chi connectivity index (χ3n) is 5.58. The summed E-state index contributed by atoms with van der Waals surface area (Å²) in [5, 5.41) is 3.20. The number of amides is 1. The summed E-state index contributed by atoms with van der Waals surface area (Å²) in [5.74, 6) is 0.888. The summed E-state index contributed by atoms with van der Waals surface area (Å²) < 4.78 is 0. The highest BCUT2D eigenvalue weighted by Crippen LogP contribution is 2.22. The van der Waals surface area contributed by atoms with Gasteiger partial charge in [-0.2, -0.15) is 0 Å². The van der Waals surface area contributed by atoms with Crippen LogP contribution in [0.3, 0.4) is 0 Å². The van der Waals surface area contributed by atoms with Crippen molar-refractivity contribution in [2.75, 3.05) is 38.0 Å². The molecule has 0 spiro atoms. The molecule has 2 saturated heterocycles. The van der Waals surface area contributed by atoms with Crippen LogP contribution >= 0.6 is 11.6 Å². The average molecular weight is 400 g/mol. The quantitative estimate of drug-likeness (QED) is 0.781. The SMILES string of the molecule is O=C(CN1CCC(N2CCCC2)CC1)Nc1cc(Cl)nc(-c2ccccc2)n1. The Hall–Kier alpha value is -2.02. The lowest BCUT2D eigenvalue weighted by Crippen LogP contribution is -2.45. The summed E-state index contributed by atoms with van der Waals surface area (Å²) in [6.07, 6.45) is 4.94. The van der Waals surface area contributed by atoms with Crippen LogP contribution in [0.2, 0.25) is 5.15 Å². The monoisotopic (exact) mass is 399 g/mol. The number of likely N-dealkylation sites (tertiary alicyclic amines) is 2. The second-order valence-corrected chi connectivity index (χ2v) is 7.95. The van der Waals surface area contributed by atoms with E-state index in [9.17, 15) is 4.79 Å². The van der Waals surface area contributed by atoms with Gasteiger partial charge >= 0.3 is 0 Å². The minimum atomic E-state index is -0.0617. The number of hydrogen-bond acceptors (Lipinski definition) is 5. The molecular weight excluding hydrogens is 374 g/mol. The summed E-state index contributed by atoms with van der Waals surface area (Å²) in [5.41, 5.74) is 0.865. The summed E-state index contributed by atoms with van der Waals surface area (Å²) >= 11 is 6.14. The fourth-order valence-corrected chi connectivity index (χ4v) is 4.32. The molecule has 1 amide bonds. The summed E-state index contributed by atoms with van der Waals surface area (Å²) in [7, 11) is 0. The van der Waals surface area contributed by atoms with Crippen LogP contribution in [0.5, 0.6) is 0 Å². The summed E-state index contributed by atoms with van der Waals surface area (Å²) in [4.78, 5) is 26.1. The van der Waals surface area contributed by atoms with Gasteiger partial charge in [-0.15, -0.1) is 0 Å². The third-order valence-corrected chi connectivity index (χ3v) is 5.77. The number of benzene rings is 1. The van der Waals surface area contributed by atoms with Gasteiger partial charge in [0.25, 0.3) is 0 Å². The average Bonchev–Trinajstić information content (AvgIpc) is 3.23. The first-order valence-corrected chi connectivity index (χ1v) is 10.4. The van der Waals surface area contributed by atoms with Crippen molar-refractivity contribution in [1.82, 2.24) is 19.8 Å². The number of hydrogen-bond donors (Lipinski definition) is 1. The van der Waals surface area contributed by atoms with Crippen LogP contribution in [0.4, 0.5) is 5.82 Å². The number of nitrogens with zero attached hydrogens (tertiary/aromatic N) is 4. The molecule has 2 aliphatic rings. The molecule has 0 aliphatic carbocycles. The highest BCUT2D eigenvalue weighted by Gasteiger charge is 2.27. The van der Waals surface area contributed by atoms with Crippen LogP contribution in [-0.4, -0.2) is 64.4 Å². The van der Waals surface area contributed by atoms with E-state index in [4.69, 9.17) is 11.6 Å². The molecule has 0 saturated carbocycles. The number of carbonyl (C=O) groups excluding carboxylic acids is 1. The molecule has 4 rings (SSSR count). The zero-order chi connectivity index (χ0) is 19.3. The van der Waals surface area contributed by atoms with E-state index in [0.717, 1.165) is 31.5 Å². The zero-order valence-electron chi connectivity index (χ0n) is 16.0. The Labute approximate surface area is 170 Å². The number of halogens is 1. The van der Waals surface area contributed by atoms with E-state index in [-0.39, 0.29) is 5.91 Å². The number of anilines is 1. The fraction of sp³-hybridized carbons (Fsp3) is 0.476. The maximum atomic E-state index is 12.5. The minimum absolute atomic E-state index is 0.0617. The third kappa shape index (κ3) is 4.87. The van der Waals surface area contributed by atoms with Crippen LogP contribution in [0.15, 0.2) is 36.4 Å². The van der Waals surface area contributed by atoms with Gasteiger partial charge in [0.15, 0.2) is 5.82 Å². The first-order chi connectivity index (χ1) is 13.7. The van der Waals surface area contributed by atoms with Gasteiger partial charge in [0.2, 0.25) is 5.91 Å². The number of carbonyl (C=O) groups is 1. The molecule has 1 N–H and O–H groups in total. The lowest BCUT2D eigenvalue weighted by atomic mass is 10.0. The van der Waals surface area contributed by atoms with E-state index in [1.54, 1.807) is 6.07 Å². The smallest absolute Gasteiger partial charge is 0.239 e. The number of rotatable bonds is 5. The zero-order valence-corrected chi connectivity index (χ0v) is 16.7. The largest absolute Gasteiger partial charge is 0.309 e. The molecule has 28 heavy (non-hydrogen) atoms. The summed E-state index contributed by atoms with van der Waals surface area (Å²) in [6, 6.07) is 11.9. The van der Waals surface area contributed by atoms with Crippen molar-refractivity contribution in [1.29, 1.82) is 0 Å². The van der Waals surface area contributed by atoms with Gasteiger partial charge in [-0.05, 0) is 38.8 Å². The molecule has 2 fully saturated rings. The molecule has 148 valence electrons. The second-order valence-electron chi connectivity index (χ2n) is 7.56. The molecule has 0 atom stereocenters. The molecule has 0 radical (unpaired) electrons. The molecule has 0 unspecified atom stereocenters. The van der Waals surface area contributed by atoms with Crippen molar-refractivity contribution in [3.8, 4) is 11.4 Å². The van der Waals surface area contributed by atoms with E-state index < -0.39 is 0 Å². The van der Waals surface area contributed by atoms with Gasteiger partial charge in [0.05, 0.1) is 6.54 Å². The molecule has 0 bridgehead atoms. The maximum Gasteiger partial charge on any atom is 0.239 e. The van der Waals surface area contributed by atoms with E-state index in [2.05, 4.69) is 25.1 Å². The Morgan fingerprint density at radius 3 is 2.50 bits per heavy atom. The highest BCUT2D eigenvalue weighted by molar-refractivity contribution is 6.29. The Morgan fingerprint density at radius 1 is 1.07 bits per heavy atom. The Bertz CT molecular complexity index is 802. The minimum Gasteiger partial charge on any atom is -0.309 e. The normalized spacial score (nSPS) is 19.0. The second kappa shape index (κ2) is 8.99. The Morgan fingerprint density at radius 2 is 1.79 bits per heavy atom.